The number of benzene rings is 3. The Balaban J connectivity index is 1.81. The average molecular weight is 448 g/mol. The molecule has 0 unspecified atom stereocenters. The number of anilines is 3. The summed E-state index contributed by atoms with van der Waals surface area (Å²) < 4.78 is 0. The van der Waals surface area contributed by atoms with Crippen molar-refractivity contribution in [1.82, 2.24) is 0 Å². The van der Waals surface area contributed by atoms with Gasteiger partial charge in [0.05, 0.1) is 17.3 Å². The summed E-state index contributed by atoms with van der Waals surface area (Å²) in [6, 6.07) is 19.6. The van der Waals surface area contributed by atoms with E-state index >= 15 is 0 Å². The van der Waals surface area contributed by atoms with Crippen LogP contribution >= 0.6 is 11.6 Å². The molecule has 32 heavy (non-hydrogen) atoms. The Morgan fingerprint density at radius 1 is 1.06 bits per heavy atom. The summed E-state index contributed by atoms with van der Waals surface area (Å²) >= 11 is 6.12. The van der Waals surface area contributed by atoms with E-state index in [0.29, 0.717) is 10.7 Å². The quantitative estimate of drug-likeness (QED) is 0.428. The van der Waals surface area contributed by atoms with Crippen molar-refractivity contribution in [2.24, 2.45) is 0 Å². The van der Waals surface area contributed by atoms with Crippen LogP contribution in [0.4, 0.5) is 21.9 Å². The number of nitrogens with zero attached hydrogens (tertiary/aromatic N) is 2. The third-order valence-corrected chi connectivity index (χ3v) is 6.93. The van der Waals surface area contributed by atoms with Crippen molar-refractivity contribution in [3.63, 3.8) is 0 Å². The normalized spacial score (nSPS) is 15.0. The molecule has 0 radical (unpaired) electrons. The number of nitrogen functional groups attached to an aromatic ring is 1. The molecule has 0 bridgehead atoms. The first-order valence-electron chi connectivity index (χ1n) is 11.0. The second-order valence-corrected chi connectivity index (χ2v) is 9.41. The number of aryl methyl sites for hydroxylation is 1. The molecule has 1 heterocycles. The fraction of sp³-hybridized carbons (Fsp3) is 0.296. The third kappa shape index (κ3) is 3.53. The molecule has 3 aromatic carbocycles. The van der Waals surface area contributed by atoms with E-state index in [4.69, 9.17) is 17.3 Å². The van der Waals surface area contributed by atoms with E-state index in [0.717, 1.165) is 34.5 Å². The number of fused-ring (bicyclic) bond motifs is 1. The van der Waals surface area contributed by atoms with Gasteiger partial charge in [0, 0.05) is 22.0 Å². The van der Waals surface area contributed by atoms with Crippen LogP contribution in [-0.2, 0) is 12.0 Å². The van der Waals surface area contributed by atoms with Gasteiger partial charge in [-0.15, -0.1) is 0 Å². The molecule has 2 amide bonds. The lowest BCUT2D eigenvalue weighted by Gasteiger charge is -2.52. The zero-order valence-electron chi connectivity index (χ0n) is 19.3. The van der Waals surface area contributed by atoms with Crippen LogP contribution in [0.25, 0.3) is 0 Å². The Hall–Kier alpha value is -2.98. The SMILES string of the molecule is CCc1ccc(N(C(=O)N2c3c(ccc(N)c3C)C2(C)C)[C@@H](C)c2ccc(Cl)cc2)cc1. The Morgan fingerprint density at radius 3 is 2.28 bits per heavy atom. The van der Waals surface area contributed by atoms with Crippen LogP contribution in [0.3, 0.4) is 0 Å². The van der Waals surface area contributed by atoms with Crippen LogP contribution in [-0.4, -0.2) is 6.03 Å². The first-order valence-corrected chi connectivity index (χ1v) is 11.4. The number of carbonyl (C=O) groups is 1. The summed E-state index contributed by atoms with van der Waals surface area (Å²) in [5, 5.41) is 0.676. The van der Waals surface area contributed by atoms with E-state index in [1.165, 1.54) is 5.56 Å². The topological polar surface area (TPSA) is 49.6 Å². The molecule has 0 saturated carbocycles. The number of rotatable bonds is 4. The summed E-state index contributed by atoms with van der Waals surface area (Å²) in [7, 11) is 0. The Kier molecular flexibility index (Phi) is 5.68. The molecule has 1 aliphatic rings. The van der Waals surface area contributed by atoms with Gasteiger partial charge in [-0.1, -0.05) is 48.9 Å². The van der Waals surface area contributed by atoms with Crippen LogP contribution in [0, 0.1) is 6.92 Å². The molecular weight excluding hydrogens is 418 g/mol. The van der Waals surface area contributed by atoms with Gasteiger partial charge >= 0.3 is 6.03 Å². The predicted molar refractivity (Wildman–Crippen MR) is 135 cm³/mol. The molecule has 2 N–H and O–H groups in total. The fourth-order valence-electron chi connectivity index (χ4n) is 4.57. The number of nitrogens with two attached hydrogens (primary N) is 1. The van der Waals surface area contributed by atoms with Gasteiger partial charge in [-0.2, -0.15) is 0 Å². The van der Waals surface area contributed by atoms with Crippen molar-refractivity contribution in [3.8, 4) is 0 Å². The second-order valence-electron chi connectivity index (χ2n) is 8.97. The highest BCUT2D eigenvalue weighted by molar-refractivity contribution is 6.30. The van der Waals surface area contributed by atoms with Crippen molar-refractivity contribution >= 4 is 34.7 Å². The van der Waals surface area contributed by atoms with Crippen LogP contribution in [0.1, 0.15) is 56.0 Å². The number of urea groups is 1. The molecule has 0 fully saturated rings. The molecule has 0 saturated heterocycles. The minimum atomic E-state index is -0.424. The van der Waals surface area contributed by atoms with Crippen LogP contribution < -0.4 is 15.5 Å². The number of carbonyl (C=O) groups excluding carboxylic acids is 1. The van der Waals surface area contributed by atoms with Gasteiger partial charge in [-0.25, -0.2) is 4.79 Å². The molecule has 3 aromatic rings. The van der Waals surface area contributed by atoms with Gasteiger partial charge in [0.15, 0.2) is 0 Å². The maximum absolute atomic E-state index is 14.2. The van der Waals surface area contributed by atoms with Crippen molar-refractivity contribution in [2.75, 3.05) is 15.5 Å². The van der Waals surface area contributed by atoms with Gasteiger partial charge in [-0.3, -0.25) is 9.80 Å². The van der Waals surface area contributed by atoms with Crippen molar-refractivity contribution in [3.05, 3.63) is 87.9 Å². The largest absolute Gasteiger partial charge is 0.398 e. The Bertz CT molecular complexity index is 1150. The van der Waals surface area contributed by atoms with E-state index in [-0.39, 0.29) is 12.1 Å². The number of hydrogen-bond donors (Lipinski definition) is 1. The molecule has 5 heteroatoms. The first kappa shape index (κ1) is 22.2. The van der Waals surface area contributed by atoms with Crippen molar-refractivity contribution < 1.29 is 4.79 Å². The van der Waals surface area contributed by atoms with E-state index < -0.39 is 5.54 Å². The molecular formula is C27H30ClN3O. The molecule has 4 rings (SSSR count). The van der Waals surface area contributed by atoms with Gasteiger partial charge in [-0.05, 0) is 81.1 Å². The second kappa shape index (κ2) is 8.18. The summed E-state index contributed by atoms with van der Waals surface area (Å²) in [6.07, 6.45) is 0.950. The van der Waals surface area contributed by atoms with E-state index in [1.54, 1.807) is 0 Å². The van der Waals surface area contributed by atoms with Crippen LogP contribution in [0.5, 0.6) is 0 Å². The summed E-state index contributed by atoms with van der Waals surface area (Å²) in [5.74, 6) is 0. The highest BCUT2D eigenvalue weighted by Crippen LogP contribution is 2.52. The molecule has 166 valence electrons. The maximum atomic E-state index is 14.2. The molecule has 0 aliphatic carbocycles. The Morgan fingerprint density at radius 2 is 1.69 bits per heavy atom. The van der Waals surface area contributed by atoms with E-state index in [9.17, 15) is 4.79 Å². The minimum Gasteiger partial charge on any atom is -0.398 e. The first-order chi connectivity index (χ1) is 15.2. The van der Waals surface area contributed by atoms with E-state index in [1.807, 2.05) is 65.3 Å². The monoisotopic (exact) mass is 447 g/mol. The van der Waals surface area contributed by atoms with Crippen LogP contribution in [0.2, 0.25) is 5.02 Å². The zero-order chi connectivity index (χ0) is 23.2. The van der Waals surface area contributed by atoms with Gasteiger partial charge in [0.25, 0.3) is 0 Å². The number of amides is 2. The smallest absolute Gasteiger partial charge is 0.330 e. The van der Waals surface area contributed by atoms with Gasteiger partial charge < -0.3 is 5.73 Å². The summed E-state index contributed by atoms with van der Waals surface area (Å²) in [5.41, 5.74) is 12.6. The predicted octanol–water partition coefficient (Wildman–Crippen LogP) is 7.24. The van der Waals surface area contributed by atoms with Gasteiger partial charge in [0.1, 0.15) is 0 Å². The maximum Gasteiger partial charge on any atom is 0.330 e. The molecule has 4 nitrogen and oxygen atoms in total. The highest BCUT2D eigenvalue weighted by atomic mass is 35.5. The van der Waals surface area contributed by atoms with Gasteiger partial charge in [0.2, 0.25) is 0 Å². The average Bonchev–Trinajstić information content (AvgIpc) is 2.77. The highest BCUT2D eigenvalue weighted by Gasteiger charge is 2.49. The lowest BCUT2D eigenvalue weighted by molar-refractivity contribution is 0.240. The summed E-state index contributed by atoms with van der Waals surface area (Å²) in [6.45, 7) is 10.3. The van der Waals surface area contributed by atoms with Crippen molar-refractivity contribution in [2.45, 2.75) is 52.6 Å². The van der Waals surface area contributed by atoms with Crippen molar-refractivity contribution in [1.29, 1.82) is 0 Å². The Labute approximate surface area is 195 Å². The lowest BCUT2D eigenvalue weighted by Crippen LogP contribution is -2.59. The molecule has 1 atom stereocenters. The molecule has 0 spiro atoms. The minimum absolute atomic E-state index is 0.0668. The zero-order valence-corrected chi connectivity index (χ0v) is 20.1. The lowest BCUT2D eigenvalue weighted by atomic mass is 9.79. The third-order valence-electron chi connectivity index (χ3n) is 6.67. The number of hydrogen-bond acceptors (Lipinski definition) is 2. The number of halogens is 1. The molecule has 0 aromatic heterocycles. The van der Waals surface area contributed by atoms with Crippen LogP contribution in [0.15, 0.2) is 60.7 Å². The fourth-order valence-corrected chi connectivity index (χ4v) is 4.70. The summed E-state index contributed by atoms with van der Waals surface area (Å²) in [4.78, 5) is 17.9. The standard InChI is InChI=1S/C27H30ClN3O/c1-6-19-7-13-22(14-8-19)30(18(3)20-9-11-21(28)12-10-20)26(32)31-25-17(2)24(29)16-15-23(25)27(31,4)5/h7-16,18H,6,29H2,1-5H3/t18-/m0/s1. The van der Waals surface area contributed by atoms with E-state index in [2.05, 4.69) is 39.8 Å². The molecule has 1 aliphatic heterocycles.